The van der Waals surface area contributed by atoms with Gasteiger partial charge in [0.15, 0.2) is 12.1 Å². The number of carbonyl (C=O) groups excluding carboxylic acids is 2. The zero-order chi connectivity index (χ0) is 44.2. The Kier molecular flexibility index (Phi) is 39.3. The lowest BCUT2D eigenvalue weighted by Gasteiger charge is -2.31. The topological polar surface area (TPSA) is 99.1 Å². The minimum atomic E-state index is -0.887. The van der Waals surface area contributed by atoms with Gasteiger partial charge in [0.05, 0.1) is 34.4 Å². The molecule has 0 aliphatic rings. The molecule has 60 heavy (non-hydrogen) atoms. The zero-order valence-electron chi connectivity index (χ0n) is 38.6. The predicted octanol–water partition coefficient (Wildman–Crippen LogP) is 13.1. The lowest BCUT2D eigenvalue weighted by atomic mass is 10.1. The average Bonchev–Trinajstić information content (AvgIpc) is 3.21. The number of carbonyl (C=O) groups is 3. The molecule has 340 valence electrons. The Hall–Kier alpha value is -3.75. The standard InChI is InChI=1S/C52H85NO7/c1-6-8-10-12-14-16-18-20-22-23-24-25-26-27-29-30-32-34-36-38-40-42-50(54)59-47-48(46-58-45-44-49(52(56)57)53(3,4)5)60-51(55)43-41-39-37-35-33-31-28-21-19-17-15-13-11-9-7-2/h8,10,14-17,19-22,24-25,27,29,32,34,48-49H,6-7,9,11-13,18,23,26,28,30-31,33,35-47H2,1-5H3/p+1/b10-8+,16-14+,17-15+,21-19+,22-20+,25-24+,29-27+,34-32+. The second-order valence-electron chi connectivity index (χ2n) is 16.3. The van der Waals surface area contributed by atoms with Crippen LogP contribution in [0.25, 0.3) is 0 Å². The van der Waals surface area contributed by atoms with Crippen LogP contribution in [0.15, 0.2) is 97.2 Å². The first kappa shape index (κ1) is 56.2. The summed E-state index contributed by atoms with van der Waals surface area (Å²) in [6.45, 7) is 4.51. The molecular formula is C52H86NO7+. The number of ether oxygens (including phenoxy) is 3. The number of aliphatic carboxylic acids is 1. The highest BCUT2D eigenvalue weighted by molar-refractivity contribution is 5.72. The van der Waals surface area contributed by atoms with Gasteiger partial charge in [-0.05, 0) is 89.9 Å². The first-order chi connectivity index (χ1) is 29.1. The van der Waals surface area contributed by atoms with Gasteiger partial charge in [-0.3, -0.25) is 9.59 Å². The van der Waals surface area contributed by atoms with E-state index in [0.717, 1.165) is 89.9 Å². The van der Waals surface area contributed by atoms with Gasteiger partial charge in [0.1, 0.15) is 6.61 Å². The van der Waals surface area contributed by atoms with Crippen LogP contribution >= 0.6 is 0 Å². The van der Waals surface area contributed by atoms with Crippen LogP contribution < -0.4 is 0 Å². The van der Waals surface area contributed by atoms with Crippen LogP contribution in [0.2, 0.25) is 0 Å². The maximum absolute atomic E-state index is 12.7. The number of carboxylic acids is 1. The molecule has 0 amide bonds. The summed E-state index contributed by atoms with van der Waals surface area (Å²) in [4.78, 5) is 37.0. The van der Waals surface area contributed by atoms with Gasteiger partial charge >= 0.3 is 17.9 Å². The van der Waals surface area contributed by atoms with Crippen molar-refractivity contribution < 1.29 is 38.2 Å². The molecule has 0 rings (SSSR count). The number of carboxylic acid groups (broad SMARTS) is 1. The fourth-order valence-corrected chi connectivity index (χ4v) is 6.14. The number of unbranched alkanes of at least 4 members (excludes halogenated alkanes) is 11. The third-order valence-corrected chi connectivity index (χ3v) is 9.75. The summed E-state index contributed by atoms with van der Waals surface area (Å²) in [7, 11) is 5.50. The van der Waals surface area contributed by atoms with Crippen molar-refractivity contribution in [1.29, 1.82) is 0 Å². The maximum Gasteiger partial charge on any atom is 0.362 e. The lowest BCUT2D eigenvalue weighted by Crippen LogP contribution is -2.50. The smallest absolute Gasteiger partial charge is 0.362 e. The van der Waals surface area contributed by atoms with Crippen molar-refractivity contribution in [2.75, 3.05) is 41.0 Å². The van der Waals surface area contributed by atoms with Crippen molar-refractivity contribution in [3.63, 3.8) is 0 Å². The second-order valence-corrected chi connectivity index (χ2v) is 16.3. The Balaban J connectivity index is 4.43. The molecule has 2 atom stereocenters. The fraction of sp³-hybridized carbons (Fsp3) is 0.635. The maximum atomic E-state index is 12.7. The van der Waals surface area contributed by atoms with E-state index < -0.39 is 18.1 Å². The Bertz CT molecular complexity index is 1300. The highest BCUT2D eigenvalue weighted by atomic mass is 16.6. The van der Waals surface area contributed by atoms with E-state index in [1.165, 1.54) is 32.1 Å². The molecule has 0 heterocycles. The van der Waals surface area contributed by atoms with E-state index >= 15 is 0 Å². The summed E-state index contributed by atoms with van der Waals surface area (Å²) in [5.41, 5.74) is 0. The molecule has 0 aliphatic carbocycles. The van der Waals surface area contributed by atoms with E-state index in [1.807, 2.05) is 21.1 Å². The number of nitrogens with zero attached hydrogens (tertiary/aromatic N) is 1. The van der Waals surface area contributed by atoms with Crippen molar-refractivity contribution in [2.45, 2.75) is 174 Å². The van der Waals surface area contributed by atoms with Crippen molar-refractivity contribution in [2.24, 2.45) is 0 Å². The molecule has 0 fully saturated rings. The molecule has 2 unspecified atom stereocenters. The van der Waals surface area contributed by atoms with Crippen LogP contribution in [-0.4, -0.2) is 80.6 Å². The number of likely N-dealkylation sites (N-methyl/N-ethyl adjacent to an activating group) is 1. The Morgan fingerprint density at radius 2 is 0.983 bits per heavy atom. The van der Waals surface area contributed by atoms with E-state index in [4.69, 9.17) is 14.2 Å². The van der Waals surface area contributed by atoms with Crippen LogP contribution in [0.3, 0.4) is 0 Å². The number of hydrogen-bond donors (Lipinski definition) is 1. The van der Waals surface area contributed by atoms with Gasteiger partial charge in [0.25, 0.3) is 0 Å². The third-order valence-electron chi connectivity index (χ3n) is 9.75. The Morgan fingerprint density at radius 3 is 1.52 bits per heavy atom. The highest BCUT2D eigenvalue weighted by Crippen LogP contribution is 2.13. The molecule has 0 bridgehead atoms. The molecule has 0 aromatic heterocycles. The molecule has 1 N–H and O–H groups in total. The van der Waals surface area contributed by atoms with Crippen LogP contribution in [0.5, 0.6) is 0 Å². The van der Waals surface area contributed by atoms with E-state index in [-0.39, 0.29) is 36.2 Å². The van der Waals surface area contributed by atoms with Gasteiger partial charge in [-0.1, -0.05) is 150 Å². The van der Waals surface area contributed by atoms with Crippen LogP contribution in [-0.2, 0) is 28.6 Å². The highest BCUT2D eigenvalue weighted by Gasteiger charge is 2.31. The molecule has 0 radical (unpaired) electrons. The molecule has 8 heteroatoms. The quantitative estimate of drug-likeness (QED) is 0.0216. The number of hydrogen-bond acceptors (Lipinski definition) is 6. The van der Waals surface area contributed by atoms with Gasteiger partial charge in [0.2, 0.25) is 0 Å². The van der Waals surface area contributed by atoms with E-state index in [9.17, 15) is 19.5 Å². The second kappa shape index (κ2) is 42.0. The molecular weight excluding hydrogens is 751 g/mol. The monoisotopic (exact) mass is 837 g/mol. The normalized spacial score (nSPS) is 13.8. The van der Waals surface area contributed by atoms with Crippen molar-refractivity contribution >= 4 is 17.9 Å². The number of allylic oxidation sites excluding steroid dienone is 16. The summed E-state index contributed by atoms with van der Waals surface area (Å²) in [5, 5.41) is 9.63. The lowest BCUT2D eigenvalue weighted by molar-refractivity contribution is -0.887. The summed E-state index contributed by atoms with van der Waals surface area (Å²) >= 11 is 0. The first-order valence-electron chi connectivity index (χ1n) is 23.3. The Morgan fingerprint density at radius 1 is 0.533 bits per heavy atom. The summed E-state index contributed by atoms with van der Waals surface area (Å²) < 4.78 is 17.2. The van der Waals surface area contributed by atoms with E-state index in [1.54, 1.807) is 0 Å². The van der Waals surface area contributed by atoms with Crippen molar-refractivity contribution in [3.8, 4) is 0 Å². The Labute approximate surface area is 366 Å². The zero-order valence-corrected chi connectivity index (χ0v) is 38.6. The van der Waals surface area contributed by atoms with Crippen molar-refractivity contribution in [3.05, 3.63) is 97.2 Å². The molecule has 0 aromatic rings. The molecule has 0 aromatic carbocycles. The van der Waals surface area contributed by atoms with E-state index in [2.05, 4.69) is 111 Å². The molecule has 0 spiro atoms. The molecule has 8 nitrogen and oxygen atoms in total. The predicted molar refractivity (Wildman–Crippen MR) is 252 cm³/mol. The van der Waals surface area contributed by atoms with Crippen LogP contribution in [0.4, 0.5) is 0 Å². The minimum Gasteiger partial charge on any atom is -0.477 e. The molecule has 0 saturated heterocycles. The van der Waals surface area contributed by atoms with Gasteiger partial charge in [-0.2, -0.15) is 0 Å². The fourth-order valence-electron chi connectivity index (χ4n) is 6.14. The largest absolute Gasteiger partial charge is 0.477 e. The van der Waals surface area contributed by atoms with Gasteiger partial charge < -0.3 is 23.8 Å². The SMILES string of the molecule is CC/C=C/C/C=C/C/C=C/C/C=C/C/C=C/C/C=C/CCCCC(=O)OCC(COCCC(C(=O)O)[N+](C)(C)C)OC(=O)CCCCCCCC/C=C/C=C/CCCCC. The van der Waals surface area contributed by atoms with Crippen LogP contribution in [0.1, 0.15) is 162 Å². The van der Waals surface area contributed by atoms with Gasteiger partial charge in [0, 0.05) is 19.3 Å². The molecule has 0 saturated carbocycles. The van der Waals surface area contributed by atoms with E-state index in [0.29, 0.717) is 25.7 Å². The van der Waals surface area contributed by atoms with Gasteiger partial charge in [-0.15, -0.1) is 0 Å². The number of esters is 2. The third kappa shape index (κ3) is 39.7. The van der Waals surface area contributed by atoms with Gasteiger partial charge in [-0.25, -0.2) is 4.79 Å². The van der Waals surface area contributed by atoms with Crippen molar-refractivity contribution in [1.82, 2.24) is 0 Å². The number of quaternary nitrogens is 1. The number of rotatable bonds is 40. The minimum absolute atomic E-state index is 0.0360. The molecule has 0 aliphatic heterocycles. The summed E-state index contributed by atoms with van der Waals surface area (Å²) in [6.07, 6.45) is 55.9. The first-order valence-corrected chi connectivity index (χ1v) is 23.3. The average molecular weight is 837 g/mol. The van der Waals surface area contributed by atoms with Crippen LogP contribution in [0, 0.1) is 0 Å². The summed E-state index contributed by atoms with van der Waals surface area (Å²) in [6, 6.07) is -0.629. The summed E-state index contributed by atoms with van der Waals surface area (Å²) in [5.74, 6) is -1.55.